The van der Waals surface area contributed by atoms with Crippen LogP contribution in [0, 0.1) is 38.3 Å². The standard InChI is InChI=1S/C25H21N2O.C20H18N.Ir/c1-25(2,3)14-16-9-12-27-22(13-16)20-6-4-5-18-19-8-7-17-10-11-26-15-21(17)24(19)28-23(18)20;1-14-9-10-18(20-11-15(2)16(3)13-21-20)12-19(14)17-7-5-4-6-8-17;/h4-5,7-13,15H,14H2,1-3H3;4-9,11-13H,1-3H3;/q2*-1;. The molecule has 8 rings (SSSR count). The number of nitrogens with zero attached hydrogens (tertiary/aromatic N) is 3. The average Bonchev–Trinajstić information content (AvgIpc) is 3.49. The normalized spacial score (nSPS) is 11.3. The Balaban J connectivity index is 0.000000177. The predicted octanol–water partition coefficient (Wildman–Crippen LogP) is 11.7. The van der Waals surface area contributed by atoms with Crippen molar-refractivity contribution < 1.29 is 24.5 Å². The second kappa shape index (κ2) is 14.5. The summed E-state index contributed by atoms with van der Waals surface area (Å²) < 4.78 is 6.38. The second-order valence-corrected chi connectivity index (χ2v) is 14.0. The number of aromatic nitrogens is 3. The van der Waals surface area contributed by atoms with Gasteiger partial charge in [0.25, 0.3) is 0 Å². The van der Waals surface area contributed by atoms with Crippen molar-refractivity contribution in [2.45, 2.75) is 48.0 Å². The molecule has 0 amide bonds. The molecule has 0 atom stereocenters. The van der Waals surface area contributed by atoms with E-state index in [2.05, 4.69) is 141 Å². The molecular formula is C45H39IrN3O-2. The van der Waals surface area contributed by atoms with Gasteiger partial charge in [-0.1, -0.05) is 110 Å². The summed E-state index contributed by atoms with van der Waals surface area (Å²) in [6.45, 7) is 13.1. The van der Waals surface area contributed by atoms with E-state index in [1.807, 2.05) is 36.8 Å². The molecule has 4 aromatic carbocycles. The maximum atomic E-state index is 6.38. The van der Waals surface area contributed by atoms with E-state index in [0.717, 1.165) is 61.6 Å². The van der Waals surface area contributed by atoms with Gasteiger partial charge in [-0.25, -0.2) is 0 Å². The third-order valence-electron chi connectivity index (χ3n) is 8.92. The fraction of sp³-hybridized carbons (Fsp3) is 0.178. The number of fused-ring (bicyclic) bond motifs is 5. The summed E-state index contributed by atoms with van der Waals surface area (Å²) in [6, 6.07) is 38.0. The van der Waals surface area contributed by atoms with Gasteiger partial charge in [-0.15, -0.1) is 47.5 Å². The van der Waals surface area contributed by atoms with Crippen molar-refractivity contribution in [2.24, 2.45) is 5.41 Å². The summed E-state index contributed by atoms with van der Waals surface area (Å²) in [5, 5.41) is 4.32. The van der Waals surface area contributed by atoms with Gasteiger partial charge in [-0.2, -0.15) is 0 Å². The third kappa shape index (κ3) is 7.31. The van der Waals surface area contributed by atoms with Gasteiger partial charge < -0.3 is 14.4 Å². The van der Waals surface area contributed by atoms with E-state index in [1.165, 1.54) is 33.4 Å². The Morgan fingerprint density at radius 1 is 0.680 bits per heavy atom. The molecule has 0 aliphatic rings. The summed E-state index contributed by atoms with van der Waals surface area (Å²) in [6.07, 6.45) is 8.48. The first-order valence-electron chi connectivity index (χ1n) is 16.7. The van der Waals surface area contributed by atoms with E-state index < -0.39 is 0 Å². The summed E-state index contributed by atoms with van der Waals surface area (Å²) >= 11 is 0. The minimum Gasteiger partial charge on any atom is -0.500 e. The van der Waals surface area contributed by atoms with Gasteiger partial charge in [-0.05, 0) is 65.7 Å². The van der Waals surface area contributed by atoms with Crippen LogP contribution in [0.2, 0.25) is 0 Å². The van der Waals surface area contributed by atoms with Gasteiger partial charge in [0, 0.05) is 55.7 Å². The van der Waals surface area contributed by atoms with Crippen LogP contribution in [0.4, 0.5) is 0 Å². The van der Waals surface area contributed by atoms with Crippen molar-refractivity contribution in [3.05, 3.63) is 150 Å². The van der Waals surface area contributed by atoms with E-state index in [9.17, 15) is 0 Å². The molecule has 0 bridgehead atoms. The van der Waals surface area contributed by atoms with Gasteiger partial charge in [-0.3, -0.25) is 4.98 Å². The maximum absolute atomic E-state index is 6.38. The minimum absolute atomic E-state index is 0. The van der Waals surface area contributed by atoms with Crippen LogP contribution in [0.5, 0.6) is 0 Å². The molecule has 4 aromatic heterocycles. The van der Waals surface area contributed by atoms with Crippen LogP contribution in [0.15, 0.2) is 120 Å². The molecule has 251 valence electrons. The molecule has 1 radical (unpaired) electrons. The monoisotopic (exact) mass is 830 g/mol. The van der Waals surface area contributed by atoms with Gasteiger partial charge in [0.2, 0.25) is 0 Å². The fourth-order valence-electron chi connectivity index (χ4n) is 6.30. The molecular weight excluding hydrogens is 791 g/mol. The molecule has 0 N–H and O–H groups in total. The molecule has 4 nitrogen and oxygen atoms in total. The van der Waals surface area contributed by atoms with E-state index in [-0.39, 0.29) is 25.5 Å². The Hall–Kier alpha value is -4.96. The van der Waals surface area contributed by atoms with Crippen LogP contribution in [0.25, 0.3) is 66.4 Å². The van der Waals surface area contributed by atoms with Crippen molar-refractivity contribution in [1.29, 1.82) is 0 Å². The first-order chi connectivity index (χ1) is 23.6. The fourth-order valence-corrected chi connectivity index (χ4v) is 6.30. The Labute approximate surface area is 308 Å². The van der Waals surface area contributed by atoms with Gasteiger partial charge >= 0.3 is 0 Å². The summed E-state index contributed by atoms with van der Waals surface area (Å²) in [4.78, 5) is 13.4. The zero-order chi connectivity index (χ0) is 34.1. The van der Waals surface area contributed by atoms with Crippen LogP contribution in [-0.4, -0.2) is 15.0 Å². The first-order valence-corrected chi connectivity index (χ1v) is 16.7. The zero-order valence-corrected chi connectivity index (χ0v) is 31.7. The molecule has 0 saturated heterocycles. The largest absolute Gasteiger partial charge is 0.500 e. The SMILES string of the molecule is CC(C)(C)Cc1ccnc(-c2[c-]ccc3c2oc2c4cnccc4ccc32)c1.Cc1cnc(-c2[c-]cc(C)c(-c3ccccc3)c2)cc1C.[Ir]. The molecule has 0 fully saturated rings. The Morgan fingerprint density at radius 2 is 1.48 bits per heavy atom. The number of furan rings is 1. The number of pyridine rings is 3. The molecule has 0 spiro atoms. The molecule has 5 heteroatoms. The summed E-state index contributed by atoms with van der Waals surface area (Å²) in [7, 11) is 0. The van der Waals surface area contributed by atoms with Crippen LogP contribution < -0.4 is 0 Å². The van der Waals surface area contributed by atoms with Crippen molar-refractivity contribution in [2.75, 3.05) is 0 Å². The first kappa shape index (κ1) is 34.9. The van der Waals surface area contributed by atoms with E-state index in [0.29, 0.717) is 0 Å². The maximum Gasteiger partial charge on any atom is 0.130 e. The van der Waals surface area contributed by atoms with Crippen LogP contribution in [0.1, 0.15) is 43.0 Å². The van der Waals surface area contributed by atoms with E-state index in [1.54, 1.807) is 6.20 Å². The van der Waals surface area contributed by atoms with Gasteiger partial charge in [0.05, 0.1) is 5.58 Å². The number of hydrogen-bond acceptors (Lipinski definition) is 4. The topological polar surface area (TPSA) is 51.8 Å². The summed E-state index contributed by atoms with van der Waals surface area (Å²) in [5.41, 5.74) is 13.2. The van der Waals surface area contributed by atoms with Gasteiger partial charge in [0.1, 0.15) is 5.58 Å². The minimum atomic E-state index is 0. The predicted molar refractivity (Wildman–Crippen MR) is 202 cm³/mol. The average molecular weight is 830 g/mol. The Bertz CT molecular complexity index is 2440. The second-order valence-electron chi connectivity index (χ2n) is 14.0. The van der Waals surface area contributed by atoms with Crippen LogP contribution >= 0.6 is 0 Å². The van der Waals surface area contributed by atoms with Crippen molar-refractivity contribution >= 4 is 32.7 Å². The molecule has 0 aliphatic carbocycles. The number of benzene rings is 4. The quantitative estimate of drug-likeness (QED) is 0.166. The van der Waals surface area contributed by atoms with Crippen LogP contribution in [-0.2, 0) is 26.5 Å². The van der Waals surface area contributed by atoms with Crippen molar-refractivity contribution in [3.8, 4) is 33.6 Å². The molecule has 4 heterocycles. The summed E-state index contributed by atoms with van der Waals surface area (Å²) in [5.74, 6) is 0. The van der Waals surface area contributed by atoms with Crippen molar-refractivity contribution in [1.82, 2.24) is 15.0 Å². The third-order valence-corrected chi connectivity index (χ3v) is 8.92. The number of hydrogen-bond donors (Lipinski definition) is 0. The van der Waals surface area contributed by atoms with E-state index in [4.69, 9.17) is 4.42 Å². The molecule has 0 saturated carbocycles. The van der Waals surface area contributed by atoms with Crippen LogP contribution in [0.3, 0.4) is 0 Å². The molecule has 8 aromatic rings. The van der Waals surface area contributed by atoms with Crippen molar-refractivity contribution in [3.63, 3.8) is 0 Å². The molecule has 50 heavy (non-hydrogen) atoms. The van der Waals surface area contributed by atoms with Gasteiger partial charge in [0.15, 0.2) is 0 Å². The Morgan fingerprint density at radius 3 is 2.26 bits per heavy atom. The van der Waals surface area contributed by atoms with E-state index >= 15 is 0 Å². The Kier molecular flexibility index (Phi) is 10.1. The molecule has 0 aliphatic heterocycles. The molecule has 0 unspecified atom stereocenters. The smallest absolute Gasteiger partial charge is 0.130 e. The number of rotatable bonds is 4. The number of aryl methyl sites for hydroxylation is 3. The zero-order valence-electron chi connectivity index (χ0n) is 29.3.